The van der Waals surface area contributed by atoms with Crippen LogP contribution in [-0.2, 0) is 0 Å². The third kappa shape index (κ3) is 12.3. The Kier molecular flexibility index (Phi) is 11.9. The van der Waals surface area contributed by atoms with Crippen molar-refractivity contribution in [2.45, 2.75) is 26.2 Å². The lowest BCUT2D eigenvalue weighted by molar-refractivity contribution is 0.343. The maximum absolute atomic E-state index is 8.42. The Balaban J connectivity index is 3.73. The third-order valence-electron chi connectivity index (χ3n) is 1.66. The molecular formula is C15H18O. The summed E-state index contributed by atoms with van der Waals surface area (Å²) in [6.45, 7) is 2.20. The molecule has 0 bridgehead atoms. The highest BCUT2D eigenvalue weighted by Gasteiger charge is 1.74. The van der Waals surface area contributed by atoms with Gasteiger partial charge in [-0.1, -0.05) is 55.9 Å². The van der Waals surface area contributed by atoms with E-state index in [1.807, 2.05) is 12.2 Å². The molecule has 0 saturated carbocycles. The highest BCUT2D eigenvalue weighted by Crippen LogP contribution is 1.94. The minimum Gasteiger partial charge on any atom is -0.392 e. The van der Waals surface area contributed by atoms with E-state index < -0.39 is 0 Å². The van der Waals surface area contributed by atoms with E-state index in [1.54, 1.807) is 18.2 Å². The highest BCUT2D eigenvalue weighted by molar-refractivity contribution is 5.34. The maximum atomic E-state index is 8.42. The number of aliphatic hydroxyl groups is 1. The van der Waals surface area contributed by atoms with E-state index in [2.05, 4.69) is 36.7 Å². The van der Waals surface area contributed by atoms with Gasteiger partial charge in [0.1, 0.15) is 0 Å². The zero-order valence-electron chi connectivity index (χ0n) is 9.74. The number of hydrogen-bond acceptors (Lipinski definition) is 1. The van der Waals surface area contributed by atoms with Crippen molar-refractivity contribution in [3.8, 4) is 23.7 Å². The van der Waals surface area contributed by atoms with Crippen molar-refractivity contribution in [3.05, 3.63) is 36.5 Å². The molecule has 0 saturated heterocycles. The van der Waals surface area contributed by atoms with Gasteiger partial charge in [0.05, 0.1) is 6.61 Å². The van der Waals surface area contributed by atoms with Gasteiger partial charge in [0, 0.05) is 0 Å². The minimum absolute atomic E-state index is 0.0184. The van der Waals surface area contributed by atoms with Gasteiger partial charge < -0.3 is 5.11 Å². The second kappa shape index (κ2) is 13.3. The fourth-order valence-electron chi connectivity index (χ4n) is 0.868. The van der Waals surface area contributed by atoms with Gasteiger partial charge in [0.2, 0.25) is 0 Å². The molecule has 0 radical (unpaired) electrons. The zero-order valence-corrected chi connectivity index (χ0v) is 9.74. The Labute approximate surface area is 98.6 Å². The standard InChI is InChI=1S/C15H18O/c1-2-3-4-5-6-7-8-9-10-11-12-13-14-15-16/h5-8,13-14,16H,2-4,15H2,1H3. The van der Waals surface area contributed by atoms with E-state index >= 15 is 0 Å². The second-order valence-electron chi connectivity index (χ2n) is 3.05. The quantitative estimate of drug-likeness (QED) is 0.424. The average molecular weight is 214 g/mol. The van der Waals surface area contributed by atoms with Crippen molar-refractivity contribution in [2.75, 3.05) is 6.61 Å². The lowest BCUT2D eigenvalue weighted by Crippen LogP contribution is -1.67. The molecule has 0 aromatic heterocycles. The van der Waals surface area contributed by atoms with E-state index in [1.165, 1.54) is 12.8 Å². The van der Waals surface area contributed by atoms with Crippen molar-refractivity contribution in [3.63, 3.8) is 0 Å². The molecule has 16 heavy (non-hydrogen) atoms. The van der Waals surface area contributed by atoms with E-state index in [-0.39, 0.29) is 6.61 Å². The molecule has 0 aromatic rings. The molecule has 0 amide bonds. The van der Waals surface area contributed by atoms with Crippen LogP contribution in [0, 0.1) is 23.7 Å². The summed E-state index contributed by atoms with van der Waals surface area (Å²) < 4.78 is 0. The lowest BCUT2D eigenvalue weighted by atomic mass is 10.2. The van der Waals surface area contributed by atoms with Crippen LogP contribution in [0.1, 0.15) is 26.2 Å². The van der Waals surface area contributed by atoms with Gasteiger partial charge in [0.15, 0.2) is 0 Å². The predicted molar refractivity (Wildman–Crippen MR) is 69.6 cm³/mol. The van der Waals surface area contributed by atoms with Gasteiger partial charge in [-0.15, -0.1) is 0 Å². The molecular weight excluding hydrogens is 196 g/mol. The molecule has 0 unspecified atom stereocenters. The molecule has 0 fully saturated rings. The van der Waals surface area contributed by atoms with Crippen LogP contribution in [-0.4, -0.2) is 11.7 Å². The summed E-state index contributed by atoms with van der Waals surface area (Å²) in [7, 11) is 0. The van der Waals surface area contributed by atoms with Crippen molar-refractivity contribution in [1.29, 1.82) is 0 Å². The number of aliphatic hydroxyl groups excluding tert-OH is 1. The first-order valence-electron chi connectivity index (χ1n) is 5.50. The zero-order chi connectivity index (χ0) is 11.9. The summed E-state index contributed by atoms with van der Waals surface area (Å²) in [6.07, 6.45) is 14.6. The third-order valence-corrected chi connectivity index (χ3v) is 1.66. The molecule has 0 aliphatic carbocycles. The molecule has 84 valence electrons. The fourth-order valence-corrected chi connectivity index (χ4v) is 0.868. The summed E-state index contributed by atoms with van der Waals surface area (Å²) in [5.74, 6) is 10.8. The highest BCUT2D eigenvalue weighted by atomic mass is 16.2. The van der Waals surface area contributed by atoms with E-state index in [0.29, 0.717) is 0 Å². The second-order valence-corrected chi connectivity index (χ2v) is 3.05. The van der Waals surface area contributed by atoms with Crippen LogP contribution in [0.15, 0.2) is 36.5 Å². The Morgan fingerprint density at radius 1 is 1.00 bits per heavy atom. The molecule has 1 N–H and O–H groups in total. The van der Waals surface area contributed by atoms with Crippen LogP contribution < -0.4 is 0 Å². The first kappa shape index (κ1) is 14.3. The van der Waals surface area contributed by atoms with E-state index in [9.17, 15) is 0 Å². The van der Waals surface area contributed by atoms with Gasteiger partial charge in [-0.25, -0.2) is 0 Å². The summed E-state index contributed by atoms with van der Waals surface area (Å²) in [4.78, 5) is 0. The average Bonchev–Trinajstić information content (AvgIpc) is 2.31. The van der Waals surface area contributed by atoms with Crippen LogP contribution >= 0.6 is 0 Å². The van der Waals surface area contributed by atoms with Crippen LogP contribution in [0.3, 0.4) is 0 Å². The lowest BCUT2D eigenvalue weighted by Gasteiger charge is -1.84. The first-order chi connectivity index (χ1) is 7.91. The van der Waals surface area contributed by atoms with Gasteiger partial charge in [0.25, 0.3) is 0 Å². The summed E-state index contributed by atoms with van der Waals surface area (Å²) in [6, 6.07) is 0. The van der Waals surface area contributed by atoms with Crippen molar-refractivity contribution >= 4 is 0 Å². The Hall–Kier alpha value is -1.70. The van der Waals surface area contributed by atoms with Crippen molar-refractivity contribution < 1.29 is 5.11 Å². The number of rotatable bonds is 5. The monoisotopic (exact) mass is 214 g/mol. The van der Waals surface area contributed by atoms with E-state index in [0.717, 1.165) is 6.42 Å². The summed E-state index contributed by atoms with van der Waals surface area (Å²) in [5.41, 5.74) is 0. The Bertz CT molecular complexity index is 350. The normalized spacial score (nSPS) is 10.4. The van der Waals surface area contributed by atoms with E-state index in [4.69, 9.17) is 5.11 Å². The number of allylic oxidation sites excluding steroid dienone is 5. The summed E-state index contributed by atoms with van der Waals surface area (Å²) in [5, 5.41) is 8.42. The number of unbranched alkanes of at least 4 members (excludes halogenated alkanes) is 2. The maximum Gasteiger partial charge on any atom is 0.0621 e. The molecule has 0 aliphatic rings. The largest absolute Gasteiger partial charge is 0.392 e. The van der Waals surface area contributed by atoms with Crippen LogP contribution in [0.5, 0.6) is 0 Å². The molecule has 1 nitrogen and oxygen atoms in total. The Morgan fingerprint density at radius 3 is 2.44 bits per heavy atom. The Morgan fingerprint density at radius 2 is 1.75 bits per heavy atom. The summed E-state index contributed by atoms with van der Waals surface area (Å²) >= 11 is 0. The van der Waals surface area contributed by atoms with Gasteiger partial charge >= 0.3 is 0 Å². The number of hydrogen-bond donors (Lipinski definition) is 1. The molecule has 0 rings (SSSR count). The molecule has 0 aliphatic heterocycles. The van der Waals surface area contributed by atoms with Crippen molar-refractivity contribution in [2.24, 2.45) is 0 Å². The SMILES string of the molecule is CCCCC=CC=CC#CC#CC=CCO. The minimum atomic E-state index is 0.0184. The molecule has 0 atom stereocenters. The molecule has 1 heteroatoms. The van der Waals surface area contributed by atoms with Gasteiger partial charge in [-0.3, -0.25) is 0 Å². The molecule has 0 aromatic carbocycles. The smallest absolute Gasteiger partial charge is 0.0621 e. The molecule has 0 heterocycles. The fraction of sp³-hybridized carbons (Fsp3) is 0.333. The predicted octanol–water partition coefficient (Wildman–Crippen LogP) is 2.84. The first-order valence-corrected chi connectivity index (χ1v) is 5.50. The van der Waals surface area contributed by atoms with Gasteiger partial charge in [-0.05, 0) is 30.4 Å². The van der Waals surface area contributed by atoms with Crippen LogP contribution in [0.2, 0.25) is 0 Å². The van der Waals surface area contributed by atoms with Crippen LogP contribution in [0.4, 0.5) is 0 Å². The topological polar surface area (TPSA) is 20.2 Å². The van der Waals surface area contributed by atoms with Gasteiger partial charge in [-0.2, -0.15) is 0 Å². The van der Waals surface area contributed by atoms with Crippen LogP contribution in [0.25, 0.3) is 0 Å². The van der Waals surface area contributed by atoms with Crippen molar-refractivity contribution in [1.82, 2.24) is 0 Å². The molecule has 0 spiro atoms.